The van der Waals surface area contributed by atoms with Crippen LogP contribution in [0.15, 0.2) is 18.2 Å². The van der Waals surface area contributed by atoms with Crippen LogP contribution in [0.5, 0.6) is 0 Å². The fraction of sp³-hybridized carbons (Fsp3) is 0.385. The lowest BCUT2D eigenvalue weighted by atomic mass is 10.1. The highest BCUT2D eigenvalue weighted by molar-refractivity contribution is 6.33. The van der Waals surface area contributed by atoms with Gasteiger partial charge >= 0.3 is 0 Å². The first-order valence-electron chi connectivity index (χ1n) is 5.98. The van der Waals surface area contributed by atoms with Gasteiger partial charge in [0.1, 0.15) is 0 Å². The van der Waals surface area contributed by atoms with Gasteiger partial charge in [0, 0.05) is 29.6 Å². The number of halogens is 2. The van der Waals surface area contributed by atoms with Crippen molar-refractivity contribution in [1.29, 1.82) is 0 Å². The molecule has 2 amide bonds. The molecule has 1 atom stereocenters. The number of nitrogens with zero attached hydrogens (tertiary/aromatic N) is 1. The number of hydrogen-bond donors (Lipinski definition) is 1. The van der Waals surface area contributed by atoms with Crippen LogP contribution in [0.4, 0.5) is 0 Å². The Hall–Kier alpha value is -1.26. The molecule has 6 heteroatoms. The van der Waals surface area contributed by atoms with Crippen molar-refractivity contribution in [1.82, 2.24) is 4.90 Å². The fourth-order valence-electron chi connectivity index (χ4n) is 2.17. The number of likely N-dealkylation sites (tertiary alicyclic amines) is 1. The maximum atomic E-state index is 11.7. The van der Waals surface area contributed by atoms with Gasteiger partial charge in [-0.3, -0.25) is 9.59 Å². The average molecular weight is 301 g/mol. The summed E-state index contributed by atoms with van der Waals surface area (Å²) in [6.07, 6.45) is 0.815. The van der Waals surface area contributed by atoms with Crippen molar-refractivity contribution in [2.24, 2.45) is 11.7 Å². The molecule has 102 valence electrons. The Morgan fingerprint density at radius 1 is 1.42 bits per heavy atom. The summed E-state index contributed by atoms with van der Waals surface area (Å²) in [5.41, 5.74) is 6.11. The van der Waals surface area contributed by atoms with E-state index in [1.165, 1.54) is 0 Å². The van der Waals surface area contributed by atoms with E-state index in [-0.39, 0.29) is 18.2 Å². The van der Waals surface area contributed by atoms with Crippen LogP contribution in [0.1, 0.15) is 12.0 Å². The Morgan fingerprint density at radius 2 is 2.16 bits per heavy atom. The van der Waals surface area contributed by atoms with Crippen molar-refractivity contribution < 1.29 is 9.59 Å². The number of benzene rings is 1. The van der Waals surface area contributed by atoms with E-state index in [1.54, 1.807) is 23.1 Å². The van der Waals surface area contributed by atoms with Crippen LogP contribution in [0.25, 0.3) is 0 Å². The van der Waals surface area contributed by atoms with E-state index in [4.69, 9.17) is 28.9 Å². The highest BCUT2D eigenvalue weighted by Gasteiger charge is 2.32. The number of rotatable bonds is 4. The lowest BCUT2D eigenvalue weighted by molar-refractivity contribution is -0.128. The minimum Gasteiger partial charge on any atom is -0.369 e. The van der Waals surface area contributed by atoms with Gasteiger partial charge < -0.3 is 10.6 Å². The Kier molecular flexibility index (Phi) is 4.32. The van der Waals surface area contributed by atoms with E-state index >= 15 is 0 Å². The lowest BCUT2D eigenvalue weighted by Gasteiger charge is -2.16. The third-order valence-corrected chi connectivity index (χ3v) is 3.88. The molecule has 1 aromatic rings. The van der Waals surface area contributed by atoms with Gasteiger partial charge in [-0.2, -0.15) is 0 Å². The molecular formula is C13H14Cl2N2O2. The smallest absolute Gasteiger partial charge is 0.223 e. The molecule has 0 aromatic heterocycles. The molecule has 2 rings (SSSR count). The van der Waals surface area contributed by atoms with Gasteiger partial charge in [-0.25, -0.2) is 0 Å². The summed E-state index contributed by atoms with van der Waals surface area (Å²) in [5.74, 6) is -0.832. The maximum absolute atomic E-state index is 11.7. The zero-order valence-electron chi connectivity index (χ0n) is 10.2. The number of primary amides is 1. The van der Waals surface area contributed by atoms with Gasteiger partial charge in [-0.05, 0) is 30.2 Å². The van der Waals surface area contributed by atoms with Crippen molar-refractivity contribution >= 4 is 35.0 Å². The normalized spacial score (nSPS) is 18.9. The summed E-state index contributed by atoms with van der Waals surface area (Å²) >= 11 is 12.0. The largest absolute Gasteiger partial charge is 0.369 e. The van der Waals surface area contributed by atoms with Crippen LogP contribution in [-0.4, -0.2) is 29.8 Å². The van der Waals surface area contributed by atoms with E-state index in [1.807, 2.05) is 0 Å². The first-order valence-corrected chi connectivity index (χ1v) is 6.74. The second kappa shape index (κ2) is 5.80. The number of hydrogen-bond acceptors (Lipinski definition) is 2. The second-order valence-corrected chi connectivity index (χ2v) is 5.47. The first kappa shape index (κ1) is 14.2. The number of nitrogens with two attached hydrogens (primary N) is 1. The summed E-state index contributed by atoms with van der Waals surface area (Å²) in [4.78, 5) is 24.4. The number of carbonyl (C=O) groups is 2. The minimum atomic E-state index is -0.420. The molecule has 2 N–H and O–H groups in total. The van der Waals surface area contributed by atoms with E-state index in [9.17, 15) is 9.59 Å². The van der Waals surface area contributed by atoms with Gasteiger partial charge in [0.15, 0.2) is 0 Å². The molecule has 0 radical (unpaired) electrons. The van der Waals surface area contributed by atoms with Crippen LogP contribution >= 0.6 is 23.2 Å². The van der Waals surface area contributed by atoms with Crippen LogP contribution in [-0.2, 0) is 16.0 Å². The highest BCUT2D eigenvalue weighted by Crippen LogP contribution is 2.23. The van der Waals surface area contributed by atoms with Gasteiger partial charge in [0.2, 0.25) is 11.8 Å². The van der Waals surface area contributed by atoms with Crippen molar-refractivity contribution in [3.63, 3.8) is 0 Å². The maximum Gasteiger partial charge on any atom is 0.223 e. The predicted molar refractivity (Wildman–Crippen MR) is 74.0 cm³/mol. The van der Waals surface area contributed by atoms with Gasteiger partial charge in [0.25, 0.3) is 0 Å². The summed E-state index contributed by atoms with van der Waals surface area (Å²) in [5, 5.41) is 1.24. The van der Waals surface area contributed by atoms with E-state index in [2.05, 4.69) is 0 Å². The van der Waals surface area contributed by atoms with Crippen LogP contribution < -0.4 is 5.73 Å². The summed E-state index contributed by atoms with van der Waals surface area (Å²) in [7, 11) is 0. The summed E-state index contributed by atoms with van der Waals surface area (Å²) in [6.45, 7) is 0.912. The third kappa shape index (κ3) is 3.39. The minimum absolute atomic E-state index is 0.0399. The molecule has 1 heterocycles. The van der Waals surface area contributed by atoms with Gasteiger partial charge in [-0.1, -0.05) is 23.2 Å². The monoisotopic (exact) mass is 300 g/mol. The zero-order valence-corrected chi connectivity index (χ0v) is 11.7. The molecule has 1 unspecified atom stereocenters. The van der Waals surface area contributed by atoms with E-state index < -0.39 is 5.91 Å². The van der Waals surface area contributed by atoms with Crippen LogP contribution in [0.2, 0.25) is 10.0 Å². The first-order chi connectivity index (χ1) is 8.97. The van der Waals surface area contributed by atoms with E-state index in [0.717, 1.165) is 5.56 Å². The SMILES string of the molecule is NC(=O)C1CC(=O)N(CCc2cc(Cl)ccc2Cl)C1. The van der Waals surface area contributed by atoms with Crippen molar-refractivity contribution in [3.05, 3.63) is 33.8 Å². The highest BCUT2D eigenvalue weighted by atomic mass is 35.5. The summed E-state index contributed by atoms with van der Waals surface area (Å²) in [6, 6.07) is 5.24. The van der Waals surface area contributed by atoms with Crippen molar-refractivity contribution in [2.45, 2.75) is 12.8 Å². The molecule has 1 aliphatic rings. The van der Waals surface area contributed by atoms with Gasteiger partial charge in [0.05, 0.1) is 5.92 Å². The third-order valence-electron chi connectivity index (χ3n) is 3.28. The Morgan fingerprint density at radius 3 is 2.79 bits per heavy atom. The fourth-order valence-corrected chi connectivity index (χ4v) is 2.58. The van der Waals surface area contributed by atoms with Crippen molar-refractivity contribution in [2.75, 3.05) is 13.1 Å². The van der Waals surface area contributed by atoms with Crippen LogP contribution in [0, 0.1) is 5.92 Å². The molecule has 1 saturated heterocycles. The van der Waals surface area contributed by atoms with Crippen molar-refractivity contribution in [3.8, 4) is 0 Å². The second-order valence-electron chi connectivity index (χ2n) is 4.63. The van der Waals surface area contributed by atoms with E-state index in [0.29, 0.717) is 29.6 Å². The number of amides is 2. The predicted octanol–water partition coefficient (Wildman–Crippen LogP) is 1.87. The average Bonchev–Trinajstić information content (AvgIpc) is 2.72. The molecule has 19 heavy (non-hydrogen) atoms. The summed E-state index contributed by atoms with van der Waals surface area (Å²) < 4.78 is 0. The molecule has 1 aromatic carbocycles. The lowest BCUT2D eigenvalue weighted by Crippen LogP contribution is -2.30. The standard InChI is InChI=1S/C13H14Cl2N2O2/c14-10-1-2-11(15)8(5-10)3-4-17-7-9(13(16)19)6-12(17)18/h1-2,5,9H,3-4,6-7H2,(H2,16,19). The molecule has 1 fully saturated rings. The topological polar surface area (TPSA) is 63.4 Å². The molecule has 0 aliphatic carbocycles. The quantitative estimate of drug-likeness (QED) is 0.922. The molecular weight excluding hydrogens is 287 g/mol. The molecule has 0 spiro atoms. The Labute approximate surface area is 121 Å². The molecule has 1 aliphatic heterocycles. The molecule has 4 nitrogen and oxygen atoms in total. The number of carbonyl (C=O) groups excluding carboxylic acids is 2. The Balaban J connectivity index is 1.97. The molecule has 0 saturated carbocycles. The Bertz CT molecular complexity index is 519. The zero-order chi connectivity index (χ0) is 14.0. The van der Waals surface area contributed by atoms with Crippen LogP contribution in [0.3, 0.4) is 0 Å². The van der Waals surface area contributed by atoms with Gasteiger partial charge in [-0.15, -0.1) is 0 Å². The molecule has 0 bridgehead atoms.